The summed E-state index contributed by atoms with van der Waals surface area (Å²) in [6, 6.07) is 0.472. The van der Waals surface area contributed by atoms with Crippen LogP contribution in [-0.2, 0) is 4.74 Å². The fourth-order valence-electron chi connectivity index (χ4n) is 1.80. The van der Waals surface area contributed by atoms with Crippen LogP contribution >= 0.6 is 0 Å². The highest BCUT2D eigenvalue weighted by Gasteiger charge is 2.23. The molecule has 2 heteroatoms. The molecule has 0 aromatic heterocycles. The Bertz CT molecular complexity index is 162. The molecule has 68 valence electrons. The molecule has 0 aromatic rings. The van der Waals surface area contributed by atoms with Crippen LogP contribution in [0.4, 0.5) is 0 Å². The third kappa shape index (κ3) is 2.51. The monoisotopic (exact) mass is 167 g/mol. The van der Waals surface area contributed by atoms with E-state index in [9.17, 15) is 0 Å². The fourth-order valence-corrected chi connectivity index (χ4v) is 1.80. The van der Waals surface area contributed by atoms with Gasteiger partial charge in [0.2, 0.25) is 0 Å². The van der Waals surface area contributed by atoms with Gasteiger partial charge in [0.15, 0.2) is 0 Å². The van der Waals surface area contributed by atoms with Crippen molar-refractivity contribution in [3.05, 3.63) is 0 Å². The third-order valence-corrected chi connectivity index (χ3v) is 2.47. The number of nitrogens with one attached hydrogen (secondary N) is 1. The quantitative estimate of drug-likeness (QED) is 0.637. The van der Waals surface area contributed by atoms with Crippen LogP contribution in [0.15, 0.2) is 0 Å². The molecule has 0 aromatic carbocycles. The predicted molar refractivity (Wildman–Crippen MR) is 49.9 cm³/mol. The number of methoxy groups -OCH3 is 1. The lowest BCUT2D eigenvalue weighted by Gasteiger charge is -2.30. The summed E-state index contributed by atoms with van der Waals surface area (Å²) in [7, 11) is 1.78. The van der Waals surface area contributed by atoms with Crippen molar-refractivity contribution >= 4 is 0 Å². The van der Waals surface area contributed by atoms with Crippen LogP contribution in [0.1, 0.15) is 25.7 Å². The highest BCUT2D eigenvalue weighted by molar-refractivity contribution is 4.91. The van der Waals surface area contributed by atoms with Gasteiger partial charge in [0, 0.05) is 13.2 Å². The van der Waals surface area contributed by atoms with Gasteiger partial charge < -0.3 is 10.1 Å². The third-order valence-electron chi connectivity index (χ3n) is 2.47. The van der Waals surface area contributed by atoms with Gasteiger partial charge in [0.1, 0.15) is 0 Å². The van der Waals surface area contributed by atoms with Crippen molar-refractivity contribution in [2.24, 2.45) is 0 Å². The van der Waals surface area contributed by atoms with Crippen LogP contribution in [-0.4, -0.2) is 25.8 Å². The first kappa shape index (κ1) is 9.57. The van der Waals surface area contributed by atoms with E-state index in [1.54, 1.807) is 7.11 Å². The van der Waals surface area contributed by atoms with Gasteiger partial charge in [-0.3, -0.25) is 0 Å². The van der Waals surface area contributed by atoms with Crippen molar-refractivity contribution in [2.75, 3.05) is 13.7 Å². The summed E-state index contributed by atoms with van der Waals surface area (Å²) in [5, 5.41) is 3.31. The van der Waals surface area contributed by atoms with Gasteiger partial charge >= 0.3 is 0 Å². The molecule has 2 atom stereocenters. The summed E-state index contributed by atoms with van der Waals surface area (Å²) in [6.45, 7) is 0.657. The lowest BCUT2D eigenvalue weighted by Crippen LogP contribution is -2.43. The van der Waals surface area contributed by atoms with Gasteiger partial charge in [-0.2, -0.15) is 0 Å². The van der Waals surface area contributed by atoms with Crippen LogP contribution in [0.5, 0.6) is 0 Å². The Balaban J connectivity index is 2.32. The number of hydrogen-bond acceptors (Lipinski definition) is 2. The molecule has 0 unspecified atom stereocenters. The van der Waals surface area contributed by atoms with Gasteiger partial charge in [0.05, 0.1) is 12.6 Å². The number of terminal acetylenes is 1. The molecule has 12 heavy (non-hydrogen) atoms. The first-order valence-corrected chi connectivity index (χ1v) is 4.58. The van der Waals surface area contributed by atoms with Crippen LogP contribution in [0.2, 0.25) is 0 Å². The summed E-state index contributed by atoms with van der Waals surface area (Å²) in [6.07, 6.45) is 10.5. The van der Waals surface area contributed by atoms with Gasteiger partial charge in [0.25, 0.3) is 0 Å². The molecule has 1 fully saturated rings. The molecular formula is C10H17NO. The second-order valence-electron chi connectivity index (χ2n) is 3.25. The minimum Gasteiger partial charge on any atom is -0.380 e. The summed E-state index contributed by atoms with van der Waals surface area (Å²) in [5.41, 5.74) is 0. The van der Waals surface area contributed by atoms with E-state index in [0.29, 0.717) is 18.7 Å². The molecule has 0 amide bonds. The molecule has 0 bridgehead atoms. The van der Waals surface area contributed by atoms with Crippen LogP contribution in [0.3, 0.4) is 0 Å². The maximum Gasteiger partial charge on any atom is 0.0724 e. The van der Waals surface area contributed by atoms with Gasteiger partial charge in [-0.25, -0.2) is 0 Å². The SMILES string of the molecule is C#CCN[C@H]1CCCC[C@@H]1OC. The first-order chi connectivity index (χ1) is 5.88. The zero-order valence-electron chi connectivity index (χ0n) is 7.68. The Hall–Kier alpha value is -0.520. The summed E-state index contributed by atoms with van der Waals surface area (Å²) in [5.74, 6) is 2.59. The van der Waals surface area contributed by atoms with E-state index in [0.717, 1.165) is 0 Å². The summed E-state index contributed by atoms with van der Waals surface area (Å²) < 4.78 is 5.37. The standard InChI is InChI=1S/C10H17NO/c1-3-8-11-9-6-4-5-7-10(9)12-2/h1,9-11H,4-8H2,2H3/t9-,10-/m0/s1. The molecule has 0 radical (unpaired) electrons. The van der Waals surface area contributed by atoms with Gasteiger partial charge in [-0.05, 0) is 12.8 Å². The van der Waals surface area contributed by atoms with E-state index in [2.05, 4.69) is 11.2 Å². The second kappa shape index (κ2) is 5.18. The molecule has 0 saturated heterocycles. The van der Waals surface area contributed by atoms with Crippen molar-refractivity contribution in [1.29, 1.82) is 0 Å². The van der Waals surface area contributed by atoms with E-state index >= 15 is 0 Å². The first-order valence-electron chi connectivity index (χ1n) is 4.58. The molecular weight excluding hydrogens is 150 g/mol. The average Bonchev–Trinajstić information content (AvgIpc) is 2.15. The predicted octanol–water partition coefficient (Wildman–Crippen LogP) is 1.17. The number of ether oxygens (including phenoxy) is 1. The van der Waals surface area contributed by atoms with E-state index in [-0.39, 0.29) is 0 Å². The molecule has 0 aliphatic heterocycles. The minimum atomic E-state index is 0.368. The van der Waals surface area contributed by atoms with E-state index in [1.165, 1.54) is 25.7 Å². The highest BCUT2D eigenvalue weighted by atomic mass is 16.5. The summed E-state index contributed by atoms with van der Waals surface area (Å²) >= 11 is 0. The highest BCUT2D eigenvalue weighted by Crippen LogP contribution is 2.20. The van der Waals surface area contributed by atoms with Crippen molar-refractivity contribution in [3.63, 3.8) is 0 Å². The molecule has 2 nitrogen and oxygen atoms in total. The smallest absolute Gasteiger partial charge is 0.0724 e. The Labute approximate surface area is 74.7 Å². The van der Waals surface area contributed by atoms with Crippen molar-refractivity contribution in [1.82, 2.24) is 5.32 Å². The van der Waals surface area contributed by atoms with Crippen LogP contribution < -0.4 is 5.32 Å². The lowest BCUT2D eigenvalue weighted by atomic mass is 9.92. The van der Waals surface area contributed by atoms with Crippen LogP contribution in [0.25, 0.3) is 0 Å². The minimum absolute atomic E-state index is 0.368. The molecule has 1 N–H and O–H groups in total. The Kier molecular flexibility index (Phi) is 4.13. The lowest BCUT2D eigenvalue weighted by molar-refractivity contribution is 0.0433. The van der Waals surface area contributed by atoms with Gasteiger partial charge in [-0.15, -0.1) is 6.42 Å². The largest absolute Gasteiger partial charge is 0.380 e. The molecule has 1 saturated carbocycles. The maximum atomic E-state index is 5.37. The fraction of sp³-hybridized carbons (Fsp3) is 0.800. The van der Waals surface area contributed by atoms with Crippen LogP contribution in [0, 0.1) is 12.3 Å². The van der Waals surface area contributed by atoms with Gasteiger partial charge in [-0.1, -0.05) is 18.8 Å². The molecule has 1 aliphatic carbocycles. The zero-order chi connectivity index (χ0) is 8.81. The van der Waals surface area contributed by atoms with E-state index in [1.807, 2.05) is 0 Å². The Morgan fingerprint density at radius 2 is 2.25 bits per heavy atom. The molecule has 1 rings (SSSR count). The second-order valence-corrected chi connectivity index (χ2v) is 3.25. The maximum absolute atomic E-state index is 5.37. The van der Waals surface area contributed by atoms with E-state index in [4.69, 9.17) is 11.2 Å². The summed E-state index contributed by atoms with van der Waals surface area (Å²) in [4.78, 5) is 0. The van der Waals surface area contributed by atoms with Crippen molar-refractivity contribution < 1.29 is 4.74 Å². The van der Waals surface area contributed by atoms with E-state index < -0.39 is 0 Å². The Morgan fingerprint density at radius 3 is 2.92 bits per heavy atom. The molecule has 1 aliphatic rings. The zero-order valence-corrected chi connectivity index (χ0v) is 7.68. The topological polar surface area (TPSA) is 21.3 Å². The number of rotatable bonds is 3. The number of hydrogen-bond donors (Lipinski definition) is 1. The Morgan fingerprint density at radius 1 is 1.50 bits per heavy atom. The van der Waals surface area contributed by atoms with Crippen molar-refractivity contribution in [3.8, 4) is 12.3 Å². The molecule has 0 spiro atoms. The van der Waals surface area contributed by atoms with Crippen molar-refractivity contribution in [2.45, 2.75) is 37.8 Å². The normalized spacial score (nSPS) is 29.7. The molecule has 0 heterocycles. The average molecular weight is 167 g/mol.